The molecule has 0 N–H and O–H groups in total. The molecule has 0 aromatic heterocycles. The maximum Gasteiger partial charge on any atom is 0.338 e. The molecular weight excluding hydrogens is 429 g/mol. The molecule has 1 aliphatic rings. The maximum absolute atomic E-state index is 13.8. The third-order valence-electron chi connectivity index (χ3n) is 5.29. The number of fused-ring (bicyclic) bond motifs is 1. The average Bonchev–Trinajstić information content (AvgIpc) is 3.07. The number of Topliss-reactive ketones (excluding diaryl/α,β-unsaturated/α-hetero) is 1. The van der Waals surface area contributed by atoms with Gasteiger partial charge in [-0.1, -0.05) is 18.2 Å². The molecule has 0 unspecified atom stereocenters. The molecule has 0 aliphatic carbocycles. The zero-order valence-electron chi connectivity index (χ0n) is 17.8. The van der Waals surface area contributed by atoms with E-state index in [0.29, 0.717) is 5.69 Å². The van der Waals surface area contributed by atoms with Crippen LogP contribution in [-0.2, 0) is 4.74 Å². The monoisotopic (exact) mass is 447 g/mol. The van der Waals surface area contributed by atoms with Crippen LogP contribution < -0.4 is 9.64 Å². The van der Waals surface area contributed by atoms with Gasteiger partial charge in [-0.2, -0.15) is 0 Å². The van der Waals surface area contributed by atoms with Crippen molar-refractivity contribution >= 4 is 29.3 Å². The first-order chi connectivity index (χ1) is 15.8. The largest absolute Gasteiger partial charge is 0.494 e. The number of aryl methyl sites for hydroxylation is 1. The van der Waals surface area contributed by atoms with E-state index in [2.05, 4.69) is 0 Å². The number of ketones is 1. The van der Waals surface area contributed by atoms with E-state index < -0.39 is 36.0 Å². The molecule has 0 spiro atoms. The Balaban J connectivity index is 1.50. The van der Waals surface area contributed by atoms with Crippen LogP contribution in [0.1, 0.15) is 47.0 Å². The zero-order chi connectivity index (χ0) is 23.7. The number of carbonyl (C=O) groups excluding carboxylic acids is 4. The molecule has 0 fully saturated rings. The number of hydrogen-bond acceptors (Lipinski definition) is 6. The molecule has 1 heterocycles. The van der Waals surface area contributed by atoms with Gasteiger partial charge in [-0.25, -0.2) is 14.1 Å². The van der Waals surface area contributed by atoms with Crippen molar-refractivity contribution in [3.63, 3.8) is 0 Å². The Morgan fingerprint density at radius 1 is 0.909 bits per heavy atom. The molecule has 166 valence electrons. The zero-order valence-corrected chi connectivity index (χ0v) is 17.8. The minimum Gasteiger partial charge on any atom is -0.494 e. The third-order valence-corrected chi connectivity index (χ3v) is 5.29. The summed E-state index contributed by atoms with van der Waals surface area (Å²) in [6.45, 7) is 1.16. The van der Waals surface area contributed by atoms with Crippen LogP contribution in [0.2, 0.25) is 0 Å². The van der Waals surface area contributed by atoms with Crippen molar-refractivity contribution in [3.05, 3.63) is 94.3 Å². The van der Waals surface area contributed by atoms with E-state index in [4.69, 9.17) is 9.47 Å². The normalized spacial score (nSPS) is 12.5. The van der Waals surface area contributed by atoms with E-state index in [0.717, 1.165) is 16.5 Å². The van der Waals surface area contributed by atoms with E-state index in [1.165, 1.54) is 37.4 Å². The first kappa shape index (κ1) is 21.9. The van der Waals surface area contributed by atoms with Crippen LogP contribution in [0.25, 0.3) is 0 Å². The molecule has 0 radical (unpaired) electrons. The predicted octanol–water partition coefficient (Wildman–Crippen LogP) is 3.98. The fourth-order valence-electron chi connectivity index (χ4n) is 3.54. The Kier molecular flexibility index (Phi) is 5.74. The lowest BCUT2D eigenvalue weighted by Crippen LogP contribution is -2.29. The molecule has 8 heteroatoms. The lowest BCUT2D eigenvalue weighted by molar-refractivity contribution is 0.0474. The Morgan fingerprint density at radius 2 is 1.61 bits per heavy atom. The van der Waals surface area contributed by atoms with Crippen LogP contribution in [0.3, 0.4) is 0 Å². The summed E-state index contributed by atoms with van der Waals surface area (Å²) in [6, 6.07) is 14.6. The minimum absolute atomic E-state index is 0.00949. The van der Waals surface area contributed by atoms with Gasteiger partial charge < -0.3 is 9.47 Å². The number of carbonyl (C=O) groups is 4. The number of rotatable bonds is 6. The van der Waals surface area contributed by atoms with Gasteiger partial charge in [0.1, 0.15) is 0 Å². The first-order valence-corrected chi connectivity index (χ1v) is 9.94. The maximum atomic E-state index is 13.8. The number of amides is 2. The highest BCUT2D eigenvalue weighted by Gasteiger charge is 2.37. The lowest BCUT2D eigenvalue weighted by Gasteiger charge is -2.16. The average molecular weight is 447 g/mol. The van der Waals surface area contributed by atoms with Crippen molar-refractivity contribution in [2.24, 2.45) is 0 Å². The van der Waals surface area contributed by atoms with Gasteiger partial charge >= 0.3 is 5.97 Å². The fraction of sp³-hybridized carbons (Fsp3) is 0.120. The smallest absolute Gasteiger partial charge is 0.338 e. The number of benzene rings is 3. The van der Waals surface area contributed by atoms with Crippen LogP contribution >= 0.6 is 0 Å². The summed E-state index contributed by atoms with van der Waals surface area (Å²) < 4.78 is 23.6. The van der Waals surface area contributed by atoms with Gasteiger partial charge in [0.2, 0.25) is 0 Å². The van der Waals surface area contributed by atoms with E-state index in [1.807, 2.05) is 0 Å². The summed E-state index contributed by atoms with van der Waals surface area (Å²) in [7, 11) is 1.30. The molecule has 7 nitrogen and oxygen atoms in total. The number of methoxy groups -OCH3 is 1. The number of anilines is 1. The van der Waals surface area contributed by atoms with E-state index in [1.54, 1.807) is 31.2 Å². The van der Waals surface area contributed by atoms with Crippen molar-refractivity contribution in [1.29, 1.82) is 0 Å². The second-order valence-corrected chi connectivity index (χ2v) is 7.34. The van der Waals surface area contributed by atoms with Crippen LogP contribution in [0, 0.1) is 12.7 Å². The molecule has 3 aromatic carbocycles. The molecule has 0 atom stereocenters. The molecule has 1 aliphatic heterocycles. The molecule has 4 rings (SSSR count). The van der Waals surface area contributed by atoms with Crippen molar-refractivity contribution in [1.82, 2.24) is 0 Å². The summed E-state index contributed by atoms with van der Waals surface area (Å²) >= 11 is 0. The summed E-state index contributed by atoms with van der Waals surface area (Å²) in [6.07, 6.45) is 0. The van der Waals surface area contributed by atoms with E-state index in [9.17, 15) is 23.6 Å². The highest BCUT2D eigenvalue weighted by molar-refractivity contribution is 6.35. The molecule has 3 aromatic rings. The van der Waals surface area contributed by atoms with Gasteiger partial charge in [0.05, 0.1) is 29.5 Å². The van der Waals surface area contributed by atoms with Gasteiger partial charge in [0.25, 0.3) is 11.8 Å². The van der Waals surface area contributed by atoms with Gasteiger partial charge in [-0.15, -0.1) is 0 Å². The minimum atomic E-state index is -0.852. The standard InChI is InChI=1S/C25H18FNO6/c1-14-5-3-4-6-20(14)27-23(29)17-9-7-16(11-18(17)24(27)30)25(31)33-13-21(28)15-8-10-22(32-2)19(26)12-15/h3-12H,13H2,1-2H3. The molecular formula is C25H18FNO6. The third kappa shape index (κ3) is 3.98. The van der Waals surface area contributed by atoms with Crippen LogP contribution in [0.5, 0.6) is 5.75 Å². The Hall–Kier alpha value is -4.33. The van der Waals surface area contributed by atoms with E-state index >= 15 is 0 Å². The summed E-state index contributed by atoms with van der Waals surface area (Å²) in [5.74, 6) is -3.22. The highest BCUT2D eigenvalue weighted by Crippen LogP contribution is 2.31. The van der Waals surface area contributed by atoms with Crippen molar-refractivity contribution in [2.45, 2.75) is 6.92 Å². The highest BCUT2D eigenvalue weighted by atomic mass is 19.1. The SMILES string of the molecule is COc1ccc(C(=O)COC(=O)c2ccc3c(c2)C(=O)N(c2ccccc2C)C3=O)cc1F. The number of halogens is 1. The molecule has 0 saturated heterocycles. The van der Waals surface area contributed by atoms with Gasteiger partial charge in [0.15, 0.2) is 24.0 Å². The van der Waals surface area contributed by atoms with Crippen LogP contribution in [0.15, 0.2) is 60.7 Å². The first-order valence-electron chi connectivity index (χ1n) is 9.94. The van der Waals surface area contributed by atoms with Crippen LogP contribution in [-0.4, -0.2) is 37.3 Å². The number of imide groups is 1. The predicted molar refractivity (Wildman–Crippen MR) is 116 cm³/mol. The van der Waals surface area contributed by atoms with Gasteiger partial charge in [-0.3, -0.25) is 14.4 Å². The molecule has 0 bridgehead atoms. The summed E-state index contributed by atoms with van der Waals surface area (Å²) in [4.78, 5) is 51.5. The number of esters is 1. The van der Waals surface area contributed by atoms with Crippen molar-refractivity contribution in [2.75, 3.05) is 18.6 Å². The molecule has 2 amide bonds. The molecule has 33 heavy (non-hydrogen) atoms. The topological polar surface area (TPSA) is 90.0 Å². The summed E-state index contributed by atoms with van der Waals surface area (Å²) in [5.41, 5.74) is 1.48. The van der Waals surface area contributed by atoms with Crippen molar-refractivity contribution < 1.29 is 33.0 Å². The Labute approximate surface area is 188 Å². The second kappa shape index (κ2) is 8.66. The number of para-hydroxylation sites is 1. The lowest BCUT2D eigenvalue weighted by atomic mass is 10.1. The fourth-order valence-corrected chi connectivity index (χ4v) is 3.54. The second-order valence-electron chi connectivity index (χ2n) is 7.34. The van der Waals surface area contributed by atoms with Gasteiger partial charge in [-0.05, 0) is 55.0 Å². The molecule has 0 saturated carbocycles. The summed E-state index contributed by atoms with van der Waals surface area (Å²) in [5, 5.41) is 0. The number of ether oxygens (including phenoxy) is 2. The van der Waals surface area contributed by atoms with Crippen LogP contribution in [0.4, 0.5) is 10.1 Å². The van der Waals surface area contributed by atoms with E-state index in [-0.39, 0.29) is 28.0 Å². The Bertz CT molecular complexity index is 1320. The number of nitrogens with zero attached hydrogens (tertiary/aromatic N) is 1. The van der Waals surface area contributed by atoms with Crippen molar-refractivity contribution in [3.8, 4) is 5.75 Å². The Morgan fingerprint density at radius 3 is 2.30 bits per heavy atom. The van der Waals surface area contributed by atoms with Gasteiger partial charge in [0, 0.05) is 5.56 Å². The quantitative estimate of drug-likeness (QED) is 0.323. The number of hydrogen-bond donors (Lipinski definition) is 0.